The Labute approximate surface area is 119 Å². The molecule has 5 heteroatoms. The summed E-state index contributed by atoms with van der Waals surface area (Å²) in [6.45, 7) is 7.08. The Morgan fingerprint density at radius 1 is 1.15 bits per heavy atom. The van der Waals surface area contributed by atoms with Crippen molar-refractivity contribution in [1.82, 2.24) is 0 Å². The number of amides is 1. The molecule has 0 aliphatic rings. The summed E-state index contributed by atoms with van der Waals surface area (Å²) in [7, 11) is 1.28. The Balaban J connectivity index is 2.98. The van der Waals surface area contributed by atoms with Crippen LogP contribution in [0.1, 0.15) is 26.3 Å². The van der Waals surface area contributed by atoms with Crippen LogP contribution in [0.4, 0.5) is 10.5 Å². The van der Waals surface area contributed by atoms with E-state index in [1.54, 1.807) is 32.9 Å². The van der Waals surface area contributed by atoms with Gasteiger partial charge >= 0.3 is 12.1 Å². The molecule has 110 valence electrons. The summed E-state index contributed by atoms with van der Waals surface area (Å²) < 4.78 is 9.93. The van der Waals surface area contributed by atoms with Crippen molar-refractivity contribution in [3.63, 3.8) is 0 Å². The van der Waals surface area contributed by atoms with Crippen molar-refractivity contribution in [2.75, 3.05) is 18.6 Å². The van der Waals surface area contributed by atoms with Crippen molar-refractivity contribution < 1.29 is 19.1 Å². The summed E-state index contributed by atoms with van der Waals surface area (Å²) in [5.41, 5.74) is 1.03. The molecule has 0 atom stereocenters. The van der Waals surface area contributed by atoms with E-state index < -0.39 is 17.7 Å². The number of benzene rings is 1. The fourth-order valence-electron chi connectivity index (χ4n) is 1.50. The van der Waals surface area contributed by atoms with Crippen molar-refractivity contribution in [3.05, 3.63) is 29.8 Å². The van der Waals surface area contributed by atoms with Crippen molar-refractivity contribution in [3.8, 4) is 0 Å². The van der Waals surface area contributed by atoms with Crippen LogP contribution in [0.3, 0.4) is 0 Å². The van der Waals surface area contributed by atoms with Gasteiger partial charge in [-0.1, -0.05) is 17.7 Å². The normalized spacial score (nSPS) is 10.8. The zero-order valence-electron chi connectivity index (χ0n) is 12.6. The number of rotatable bonds is 3. The lowest BCUT2D eigenvalue weighted by molar-refractivity contribution is -0.139. The van der Waals surface area contributed by atoms with Crippen LogP contribution in [0.5, 0.6) is 0 Å². The highest BCUT2D eigenvalue weighted by atomic mass is 16.6. The van der Waals surface area contributed by atoms with Crippen LogP contribution in [-0.2, 0) is 14.3 Å². The smallest absolute Gasteiger partial charge is 0.415 e. The molecule has 20 heavy (non-hydrogen) atoms. The summed E-state index contributed by atoms with van der Waals surface area (Å²) in [5.74, 6) is -0.503. The minimum absolute atomic E-state index is 0.186. The molecule has 5 nitrogen and oxygen atoms in total. The van der Waals surface area contributed by atoms with Crippen LogP contribution in [0.2, 0.25) is 0 Å². The van der Waals surface area contributed by atoms with E-state index in [4.69, 9.17) is 4.74 Å². The molecule has 0 aromatic heterocycles. The predicted molar refractivity (Wildman–Crippen MR) is 76.8 cm³/mol. The molecule has 0 aliphatic carbocycles. The number of esters is 1. The van der Waals surface area contributed by atoms with E-state index in [0.29, 0.717) is 5.69 Å². The third kappa shape index (κ3) is 4.91. The Morgan fingerprint density at radius 2 is 1.70 bits per heavy atom. The molecule has 0 unspecified atom stereocenters. The van der Waals surface area contributed by atoms with Gasteiger partial charge in [0.15, 0.2) is 0 Å². The standard InChI is InChI=1S/C15H21NO4/c1-11-6-8-12(9-7-11)16(10-13(17)19-5)14(18)20-15(2,3)4/h6-9H,10H2,1-5H3. The fourth-order valence-corrected chi connectivity index (χ4v) is 1.50. The number of anilines is 1. The number of hydrogen-bond acceptors (Lipinski definition) is 4. The van der Waals surface area contributed by atoms with Crippen LogP contribution < -0.4 is 4.90 Å². The molecule has 1 aromatic carbocycles. The lowest BCUT2D eigenvalue weighted by atomic mass is 10.2. The number of methoxy groups -OCH3 is 1. The summed E-state index contributed by atoms with van der Waals surface area (Å²) in [6, 6.07) is 7.26. The Morgan fingerprint density at radius 3 is 2.15 bits per heavy atom. The first kappa shape index (κ1) is 16.0. The first-order valence-corrected chi connectivity index (χ1v) is 6.37. The molecule has 0 radical (unpaired) electrons. The number of carbonyl (C=O) groups is 2. The van der Waals surface area contributed by atoms with Gasteiger partial charge in [-0.15, -0.1) is 0 Å². The SMILES string of the molecule is COC(=O)CN(C(=O)OC(C)(C)C)c1ccc(C)cc1. The molecule has 0 heterocycles. The molecule has 0 spiro atoms. The number of hydrogen-bond donors (Lipinski definition) is 0. The lowest BCUT2D eigenvalue weighted by Gasteiger charge is -2.26. The number of aryl methyl sites for hydroxylation is 1. The van der Waals surface area contributed by atoms with Gasteiger partial charge in [-0.25, -0.2) is 4.79 Å². The van der Waals surface area contributed by atoms with Gasteiger partial charge in [-0.3, -0.25) is 9.69 Å². The van der Waals surface area contributed by atoms with Gasteiger partial charge in [0.2, 0.25) is 0 Å². The van der Waals surface area contributed by atoms with Crippen molar-refractivity contribution in [2.24, 2.45) is 0 Å². The zero-order valence-corrected chi connectivity index (χ0v) is 12.6. The van der Waals surface area contributed by atoms with E-state index in [1.807, 2.05) is 19.1 Å². The minimum atomic E-state index is -0.629. The molecule has 1 amide bonds. The van der Waals surface area contributed by atoms with Gasteiger partial charge in [0, 0.05) is 5.69 Å². The molecular weight excluding hydrogens is 258 g/mol. The summed E-state index contributed by atoms with van der Waals surface area (Å²) in [4.78, 5) is 24.9. The maximum atomic E-state index is 12.2. The fraction of sp³-hybridized carbons (Fsp3) is 0.467. The van der Waals surface area contributed by atoms with Gasteiger partial charge < -0.3 is 9.47 Å². The Hall–Kier alpha value is -2.04. The monoisotopic (exact) mass is 279 g/mol. The summed E-state index contributed by atoms with van der Waals surface area (Å²) >= 11 is 0. The van der Waals surface area contributed by atoms with Crippen molar-refractivity contribution in [1.29, 1.82) is 0 Å². The molecule has 0 bridgehead atoms. The van der Waals surface area contributed by atoms with Crippen LogP contribution in [0.25, 0.3) is 0 Å². The first-order chi connectivity index (χ1) is 9.23. The van der Waals surface area contributed by atoms with Gasteiger partial charge in [-0.2, -0.15) is 0 Å². The molecule has 1 rings (SSSR count). The van der Waals surface area contributed by atoms with Gasteiger partial charge in [0.25, 0.3) is 0 Å². The Kier molecular flexibility index (Phi) is 5.13. The second-order valence-electron chi connectivity index (χ2n) is 5.48. The maximum Gasteiger partial charge on any atom is 0.415 e. The van der Waals surface area contributed by atoms with E-state index in [0.717, 1.165) is 5.56 Å². The molecule has 0 aliphatic heterocycles. The summed E-state index contributed by atoms with van der Waals surface area (Å²) in [5, 5.41) is 0. The van der Waals surface area contributed by atoms with E-state index in [9.17, 15) is 9.59 Å². The Bertz CT molecular complexity index is 474. The van der Waals surface area contributed by atoms with E-state index in [1.165, 1.54) is 12.0 Å². The largest absolute Gasteiger partial charge is 0.468 e. The lowest BCUT2D eigenvalue weighted by Crippen LogP contribution is -2.40. The topological polar surface area (TPSA) is 55.8 Å². The van der Waals surface area contributed by atoms with E-state index >= 15 is 0 Å². The molecule has 0 fully saturated rings. The average Bonchev–Trinajstić information content (AvgIpc) is 2.34. The molecule has 0 saturated heterocycles. The second-order valence-corrected chi connectivity index (χ2v) is 5.48. The predicted octanol–water partition coefficient (Wildman–Crippen LogP) is 2.91. The van der Waals surface area contributed by atoms with Crippen LogP contribution in [0, 0.1) is 6.92 Å². The van der Waals surface area contributed by atoms with Crippen molar-refractivity contribution in [2.45, 2.75) is 33.3 Å². The number of carbonyl (C=O) groups excluding carboxylic acids is 2. The highest BCUT2D eigenvalue weighted by Gasteiger charge is 2.25. The molecular formula is C15H21NO4. The highest BCUT2D eigenvalue weighted by molar-refractivity contribution is 5.93. The third-order valence-corrected chi connectivity index (χ3v) is 2.47. The zero-order chi connectivity index (χ0) is 15.3. The van der Waals surface area contributed by atoms with E-state index in [2.05, 4.69) is 4.74 Å². The molecule has 0 N–H and O–H groups in total. The maximum absolute atomic E-state index is 12.2. The van der Waals surface area contributed by atoms with Crippen molar-refractivity contribution >= 4 is 17.7 Å². The second kappa shape index (κ2) is 6.41. The average molecular weight is 279 g/mol. The van der Waals surface area contributed by atoms with Gasteiger partial charge in [0.05, 0.1) is 7.11 Å². The first-order valence-electron chi connectivity index (χ1n) is 6.37. The van der Waals surface area contributed by atoms with Gasteiger partial charge in [0.1, 0.15) is 12.1 Å². The van der Waals surface area contributed by atoms with Gasteiger partial charge in [-0.05, 0) is 39.8 Å². The van der Waals surface area contributed by atoms with Crippen LogP contribution in [-0.4, -0.2) is 31.3 Å². The molecule has 1 aromatic rings. The number of nitrogens with zero attached hydrogens (tertiary/aromatic N) is 1. The van der Waals surface area contributed by atoms with E-state index in [-0.39, 0.29) is 6.54 Å². The number of ether oxygens (including phenoxy) is 2. The van der Waals surface area contributed by atoms with Crippen LogP contribution in [0.15, 0.2) is 24.3 Å². The quantitative estimate of drug-likeness (QED) is 0.798. The van der Waals surface area contributed by atoms with Crippen LogP contribution >= 0.6 is 0 Å². The molecule has 0 saturated carbocycles. The minimum Gasteiger partial charge on any atom is -0.468 e. The third-order valence-electron chi connectivity index (χ3n) is 2.47. The highest BCUT2D eigenvalue weighted by Crippen LogP contribution is 2.19. The summed E-state index contributed by atoms with van der Waals surface area (Å²) in [6.07, 6.45) is -0.577.